The Hall–Kier alpha value is -2.28. The minimum Gasteiger partial charge on any atom is -0.493 e. The second-order valence-corrected chi connectivity index (χ2v) is 4.59. The quantitative estimate of drug-likeness (QED) is 0.662. The summed E-state index contributed by atoms with van der Waals surface area (Å²) in [5.41, 5.74) is 1.31. The number of hydrogen-bond acceptors (Lipinski definition) is 1. The fourth-order valence-electron chi connectivity index (χ4n) is 2.19. The summed E-state index contributed by atoms with van der Waals surface area (Å²) >= 11 is 0. The standard InChI is InChI=1S/C18H16O/c1-2-6-15(7-3-1)12-13-19-18-11-10-16-8-4-5-9-17(16)14-18/h1-11,14H,12-13H2. The Morgan fingerprint density at radius 1 is 0.684 bits per heavy atom. The van der Waals surface area contributed by atoms with Crippen molar-refractivity contribution in [3.63, 3.8) is 0 Å². The van der Waals surface area contributed by atoms with Crippen LogP contribution in [0, 0.1) is 0 Å². The summed E-state index contributed by atoms with van der Waals surface area (Å²) in [5.74, 6) is 0.939. The Morgan fingerprint density at radius 2 is 1.42 bits per heavy atom. The van der Waals surface area contributed by atoms with Crippen molar-refractivity contribution in [2.45, 2.75) is 6.42 Å². The molecule has 0 aliphatic rings. The molecule has 0 radical (unpaired) electrons. The summed E-state index contributed by atoms with van der Waals surface area (Å²) in [6.07, 6.45) is 0.938. The van der Waals surface area contributed by atoms with Crippen molar-refractivity contribution < 1.29 is 4.74 Å². The minimum atomic E-state index is 0.711. The number of benzene rings is 3. The van der Waals surface area contributed by atoms with Crippen LogP contribution in [0.25, 0.3) is 10.8 Å². The van der Waals surface area contributed by atoms with Gasteiger partial charge in [0.05, 0.1) is 6.61 Å². The van der Waals surface area contributed by atoms with Crippen molar-refractivity contribution in [2.24, 2.45) is 0 Å². The zero-order valence-corrected chi connectivity index (χ0v) is 10.8. The van der Waals surface area contributed by atoms with Crippen molar-refractivity contribution in [3.8, 4) is 5.75 Å². The molecule has 3 aromatic carbocycles. The maximum absolute atomic E-state index is 5.82. The van der Waals surface area contributed by atoms with E-state index in [0.29, 0.717) is 6.61 Å². The van der Waals surface area contributed by atoms with E-state index in [1.807, 2.05) is 12.1 Å². The molecule has 1 nitrogen and oxygen atoms in total. The van der Waals surface area contributed by atoms with Crippen LogP contribution in [0.5, 0.6) is 5.75 Å². The number of fused-ring (bicyclic) bond motifs is 1. The first-order valence-corrected chi connectivity index (χ1v) is 6.57. The highest BCUT2D eigenvalue weighted by Gasteiger charge is 1.97. The molecule has 3 aromatic rings. The van der Waals surface area contributed by atoms with Crippen LogP contribution in [0.1, 0.15) is 5.56 Å². The fourth-order valence-corrected chi connectivity index (χ4v) is 2.19. The van der Waals surface area contributed by atoms with E-state index in [0.717, 1.165) is 12.2 Å². The minimum absolute atomic E-state index is 0.711. The molecule has 1 heteroatoms. The predicted molar refractivity (Wildman–Crippen MR) is 79.6 cm³/mol. The van der Waals surface area contributed by atoms with Gasteiger partial charge in [0.15, 0.2) is 0 Å². The Labute approximate surface area is 113 Å². The SMILES string of the molecule is c1ccc(CCOc2ccc3ccccc3c2)cc1. The fraction of sp³-hybridized carbons (Fsp3) is 0.111. The maximum atomic E-state index is 5.82. The molecule has 0 unspecified atom stereocenters. The van der Waals surface area contributed by atoms with Crippen LogP contribution < -0.4 is 4.74 Å². The zero-order chi connectivity index (χ0) is 12.9. The number of rotatable bonds is 4. The first-order chi connectivity index (χ1) is 9.42. The monoisotopic (exact) mass is 248 g/mol. The molecule has 0 aliphatic carbocycles. The molecule has 0 aliphatic heterocycles. The lowest BCUT2D eigenvalue weighted by Crippen LogP contribution is -2.00. The van der Waals surface area contributed by atoms with E-state index in [1.54, 1.807) is 0 Å². The van der Waals surface area contributed by atoms with Crippen molar-refractivity contribution in [3.05, 3.63) is 78.4 Å². The molecule has 19 heavy (non-hydrogen) atoms. The molecule has 0 amide bonds. The molecule has 0 atom stereocenters. The smallest absolute Gasteiger partial charge is 0.119 e. The molecule has 0 spiro atoms. The van der Waals surface area contributed by atoms with Crippen molar-refractivity contribution >= 4 is 10.8 Å². The average Bonchev–Trinajstić information content (AvgIpc) is 2.48. The Balaban J connectivity index is 1.65. The molecule has 0 bridgehead atoms. The first-order valence-electron chi connectivity index (χ1n) is 6.57. The van der Waals surface area contributed by atoms with Gasteiger partial charge in [-0.2, -0.15) is 0 Å². The second-order valence-electron chi connectivity index (χ2n) is 4.59. The van der Waals surface area contributed by atoms with E-state index < -0.39 is 0 Å². The van der Waals surface area contributed by atoms with Crippen molar-refractivity contribution in [1.29, 1.82) is 0 Å². The Kier molecular flexibility index (Phi) is 3.46. The number of hydrogen-bond donors (Lipinski definition) is 0. The van der Waals surface area contributed by atoms with Crippen LogP contribution in [0.3, 0.4) is 0 Å². The molecular weight excluding hydrogens is 232 g/mol. The van der Waals surface area contributed by atoms with E-state index in [2.05, 4.69) is 60.7 Å². The Morgan fingerprint density at radius 3 is 2.26 bits per heavy atom. The summed E-state index contributed by atoms with van der Waals surface area (Å²) < 4.78 is 5.82. The molecule has 3 rings (SSSR count). The molecule has 0 aromatic heterocycles. The van der Waals surface area contributed by atoms with Crippen LogP contribution in [-0.4, -0.2) is 6.61 Å². The molecule has 0 saturated carbocycles. The highest BCUT2D eigenvalue weighted by atomic mass is 16.5. The molecule has 0 N–H and O–H groups in total. The van der Waals surface area contributed by atoms with Crippen LogP contribution in [0.15, 0.2) is 72.8 Å². The van der Waals surface area contributed by atoms with Gasteiger partial charge in [0.2, 0.25) is 0 Å². The Bertz CT molecular complexity index is 659. The normalized spacial score (nSPS) is 10.5. The van der Waals surface area contributed by atoms with E-state index in [1.165, 1.54) is 16.3 Å². The summed E-state index contributed by atoms with van der Waals surface area (Å²) in [6.45, 7) is 0.711. The van der Waals surface area contributed by atoms with Gasteiger partial charge in [0.25, 0.3) is 0 Å². The van der Waals surface area contributed by atoms with Crippen LogP contribution in [0.4, 0.5) is 0 Å². The second kappa shape index (κ2) is 5.57. The topological polar surface area (TPSA) is 9.23 Å². The molecule has 0 saturated heterocycles. The van der Waals surface area contributed by atoms with Crippen LogP contribution in [0.2, 0.25) is 0 Å². The average molecular weight is 248 g/mol. The predicted octanol–water partition coefficient (Wildman–Crippen LogP) is 4.46. The third-order valence-electron chi connectivity index (χ3n) is 3.22. The summed E-state index contributed by atoms with van der Waals surface area (Å²) in [4.78, 5) is 0. The van der Waals surface area contributed by atoms with Gasteiger partial charge >= 0.3 is 0 Å². The highest BCUT2D eigenvalue weighted by Crippen LogP contribution is 2.20. The van der Waals surface area contributed by atoms with Crippen molar-refractivity contribution in [2.75, 3.05) is 6.61 Å². The lowest BCUT2D eigenvalue weighted by Gasteiger charge is -2.07. The van der Waals surface area contributed by atoms with E-state index in [4.69, 9.17) is 4.74 Å². The largest absolute Gasteiger partial charge is 0.493 e. The third kappa shape index (κ3) is 2.94. The summed E-state index contributed by atoms with van der Waals surface area (Å²) in [7, 11) is 0. The first kappa shape index (κ1) is 11.8. The van der Waals surface area contributed by atoms with Gasteiger partial charge < -0.3 is 4.74 Å². The number of ether oxygens (including phenoxy) is 1. The third-order valence-corrected chi connectivity index (χ3v) is 3.22. The van der Waals surface area contributed by atoms with Crippen molar-refractivity contribution in [1.82, 2.24) is 0 Å². The van der Waals surface area contributed by atoms with E-state index in [-0.39, 0.29) is 0 Å². The van der Waals surface area contributed by atoms with E-state index in [9.17, 15) is 0 Å². The lowest BCUT2D eigenvalue weighted by atomic mass is 10.1. The molecular formula is C18H16O. The van der Waals surface area contributed by atoms with Crippen LogP contribution in [-0.2, 0) is 6.42 Å². The highest BCUT2D eigenvalue weighted by molar-refractivity contribution is 5.83. The van der Waals surface area contributed by atoms with Gasteiger partial charge in [-0.15, -0.1) is 0 Å². The van der Waals surface area contributed by atoms with Gasteiger partial charge in [-0.05, 0) is 28.5 Å². The molecule has 0 heterocycles. The lowest BCUT2D eigenvalue weighted by molar-refractivity contribution is 0.322. The maximum Gasteiger partial charge on any atom is 0.119 e. The molecule has 94 valence electrons. The van der Waals surface area contributed by atoms with E-state index >= 15 is 0 Å². The van der Waals surface area contributed by atoms with Gasteiger partial charge in [0, 0.05) is 6.42 Å². The molecule has 0 fully saturated rings. The van der Waals surface area contributed by atoms with Gasteiger partial charge in [0.1, 0.15) is 5.75 Å². The van der Waals surface area contributed by atoms with Crippen LogP contribution >= 0.6 is 0 Å². The van der Waals surface area contributed by atoms with Gasteiger partial charge in [-0.3, -0.25) is 0 Å². The van der Waals surface area contributed by atoms with Gasteiger partial charge in [-0.25, -0.2) is 0 Å². The summed E-state index contributed by atoms with van der Waals surface area (Å²) in [6, 6.07) is 25.0. The summed E-state index contributed by atoms with van der Waals surface area (Å²) in [5, 5.41) is 2.47. The van der Waals surface area contributed by atoms with Gasteiger partial charge in [-0.1, -0.05) is 60.7 Å². The zero-order valence-electron chi connectivity index (χ0n) is 10.8.